The molecule has 1 aromatic carbocycles. The lowest BCUT2D eigenvalue weighted by molar-refractivity contribution is 1.13. The molecule has 0 aliphatic carbocycles. The van der Waals surface area contributed by atoms with Crippen molar-refractivity contribution in [1.29, 1.82) is 0 Å². The van der Waals surface area contributed by atoms with Crippen molar-refractivity contribution in [2.24, 2.45) is 0 Å². The van der Waals surface area contributed by atoms with Crippen molar-refractivity contribution in [3.63, 3.8) is 0 Å². The van der Waals surface area contributed by atoms with E-state index in [9.17, 15) is 0 Å². The first-order valence-corrected chi connectivity index (χ1v) is 5.55. The molecule has 2 rings (SSSR count). The number of para-hydroxylation sites is 2. The third-order valence-electron chi connectivity index (χ3n) is 2.25. The van der Waals surface area contributed by atoms with E-state index in [1.807, 2.05) is 43.3 Å². The number of nitrogens with zero attached hydrogens (tertiary/aromatic N) is 3. The van der Waals surface area contributed by atoms with Gasteiger partial charge in [-0.05, 0) is 12.1 Å². The summed E-state index contributed by atoms with van der Waals surface area (Å²) in [5, 5.41) is 3.57. The van der Waals surface area contributed by atoms with Crippen LogP contribution in [0.15, 0.2) is 36.7 Å². The van der Waals surface area contributed by atoms with Gasteiger partial charge in [0.15, 0.2) is 5.82 Å². The van der Waals surface area contributed by atoms with E-state index in [-0.39, 0.29) is 0 Å². The van der Waals surface area contributed by atoms with Crippen LogP contribution in [-0.4, -0.2) is 24.1 Å². The highest BCUT2D eigenvalue weighted by atomic mass is 35.5. The van der Waals surface area contributed by atoms with Gasteiger partial charge in [0.25, 0.3) is 0 Å². The van der Waals surface area contributed by atoms with E-state index < -0.39 is 0 Å². The molecule has 0 spiro atoms. The van der Waals surface area contributed by atoms with E-state index >= 15 is 0 Å². The Bertz CT molecular complexity index is 513. The van der Waals surface area contributed by atoms with Crippen LogP contribution in [0.3, 0.4) is 0 Å². The number of anilines is 3. The number of hydrogen-bond donors (Lipinski definition) is 1. The summed E-state index contributed by atoms with van der Waals surface area (Å²) in [4.78, 5) is 10.2. The molecule has 0 atom stereocenters. The lowest BCUT2D eigenvalue weighted by Crippen LogP contribution is -2.11. The molecular weight excluding hydrogens is 236 g/mol. The van der Waals surface area contributed by atoms with Crippen LogP contribution in [0.2, 0.25) is 5.15 Å². The summed E-state index contributed by atoms with van der Waals surface area (Å²) in [5.41, 5.74) is 2.04. The van der Waals surface area contributed by atoms with Gasteiger partial charge in [-0.15, -0.1) is 0 Å². The third-order valence-corrected chi connectivity index (χ3v) is 2.44. The monoisotopic (exact) mass is 248 g/mol. The fraction of sp³-hybridized carbons (Fsp3) is 0.167. The summed E-state index contributed by atoms with van der Waals surface area (Å²) in [6.07, 6.45) is 3.14. The molecule has 0 aliphatic heterocycles. The van der Waals surface area contributed by atoms with Crippen molar-refractivity contribution in [1.82, 2.24) is 9.97 Å². The lowest BCUT2D eigenvalue weighted by Gasteiger charge is -2.17. The zero-order valence-electron chi connectivity index (χ0n) is 9.68. The Kier molecular flexibility index (Phi) is 3.44. The van der Waals surface area contributed by atoms with Gasteiger partial charge < -0.3 is 10.2 Å². The topological polar surface area (TPSA) is 41.0 Å². The van der Waals surface area contributed by atoms with Crippen LogP contribution in [0.1, 0.15) is 0 Å². The van der Waals surface area contributed by atoms with E-state index in [0.717, 1.165) is 11.4 Å². The van der Waals surface area contributed by atoms with Gasteiger partial charge in [-0.3, -0.25) is 4.98 Å². The van der Waals surface area contributed by atoms with Gasteiger partial charge in [0.2, 0.25) is 0 Å². The average molecular weight is 249 g/mol. The molecule has 1 N–H and O–H groups in total. The fourth-order valence-corrected chi connectivity index (χ4v) is 1.66. The highest BCUT2D eigenvalue weighted by molar-refractivity contribution is 6.29. The van der Waals surface area contributed by atoms with Crippen LogP contribution in [0, 0.1) is 0 Å². The van der Waals surface area contributed by atoms with Gasteiger partial charge in [-0.25, -0.2) is 4.98 Å². The number of hydrogen-bond acceptors (Lipinski definition) is 4. The smallest absolute Gasteiger partial charge is 0.150 e. The first kappa shape index (κ1) is 11.7. The lowest BCUT2D eigenvalue weighted by atomic mass is 10.2. The number of aromatic nitrogens is 2. The van der Waals surface area contributed by atoms with Gasteiger partial charge in [-0.1, -0.05) is 23.7 Å². The molecule has 0 aliphatic rings. The molecule has 1 heterocycles. The van der Waals surface area contributed by atoms with Gasteiger partial charge in [0, 0.05) is 14.1 Å². The highest BCUT2D eigenvalue weighted by Crippen LogP contribution is 2.26. The molecule has 0 unspecified atom stereocenters. The Morgan fingerprint density at radius 3 is 2.65 bits per heavy atom. The van der Waals surface area contributed by atoms with Gasteiger partial charge in [0.05, 0.1) is 23.8 Å². The van der Waals surface area contributed by atoms with Gasteiger partial charge in [0.1, 0.15) is 5.15 Å². The zero-order chi connectivity index (χ0) is 12.3. The van der Waals surface area contributed by atoms with Crippen LogP contribution in [0.25, 0.3) is 0 Å². The van der Waals surface area contributed by atoms with E-state index in [1.165, 1.54) is 6.20 Å². The van der Waals surface area contributed by atoms with E-state index in [0.29, 0.717) is 11.0 Å². The maximum atomic E-state index is 5.79. The van der Waals surface area contributed by atoms with Crippen molar-refractivity contribution in [3.8, 4) is 0 Å². The SMILES string of the molecule is CN(C)c1ccccc1Nc1cncc(Cl)n1. The second-order valence-corrected chi connectivity index (χ2v) is 4.15. The number of benzene rings is 1. The highest BCUT2D eigenvalue weighted by Gasteiger charge is 2.04. The van der Waals surface area contributed by atoms with Crippen LogP contribution in [0.4, 0.5) is 17.2 Å². The summed E-state index contributed by atoms with van der Waals surface area (Å²) in [5.74, 6) is 0.631. The molecular formula is C12H13ClN4. The quantitative estimate of drug-likeness (QED) is 0.907. The van der Waals surface area contributed by atoms with Crippen LogP contribution >= 0.6 is 11.6 Å². The summed E-state index contributed by atoms with van der Waals surface area (Å²) in [6, 6.07) is 7.97. The average Bonchev–Trinajstić information content (AvgIpc) is 2.29. The van der Waals surface area contributed by atoms with Crippen molar-refractivity contribution in [2.75, 3.05) is 24.3 Å². The minimum Gasteiger partial charge on any atom is -0.376 e. The Morgan fingerprint density at radius 1 is 1.18 bits per heavy atom. The normalized spacial score (nSPS) is 10.1. The molecule has 17 heavy (non-hydrogen) atoms. The number of rotatable bonds is 3. The van der Waals surface area contributed by atoms with Gasteiger partial charge in [-0.2, -0.15) is 0 Å². The summed E-state index contributed by atoms with van der Waals surface area (Å²) in [6.45, 7) is 0. The molecule has 0 saturated carbocycles. The largest absolute Gasteiger partial charge is 0.376 e. The molecule has 88 valence electrons. The molecule has 0 saturated heterocycles. The molecule has 1 aromatic heterocycles. The van der Waals surface area contributed by atoms with Crippen LogP contribution < -0.4 is 10.2 Å². The van der Waals surface area contributed by atoms with Crippen molar-refractivity contribution < 1.29 is 0 Å². The minimum atomic E-state index is 0.373. The first-order chi connectivity index (χ1) is 8.16. The predicted octanol–water partition coefficient (Wildman–Crippen LogP) is 2.94. The van der Waals surface area contributed by atoms with Crippen molar-refractivity contribution in [2.45, 2.75) is 0 Å². The molecule has 2 aromatic rings. The minimum absolute atomic E-state index is 0.373. The zero-order valence-corrected chi connectivity index (χ0v) is 10.4. The maximum absolute atomic E-state index is 5.79. The molecule has 5 heteroatoms. The Hall–Kier alpha value is -1.81. The van der Waals surface area contributed by atoms with E-state index in [4.69, 9.17) is 11.6 Å². The standard InChI is InChI=1S/C12H13ClN4/c1-17(2)10-6-4-3-5-9(10)15-12-8-14-7-11(13)16-12/h3-8H,1-2H3,(H,15,16). The fourth-order valence-electron chi connectivity index (χ4n) is 1.51. The molecule has 0 radical (unpaired) electrons. The van der Waals surface area contributed by atoms with Crippen LogP contribution in [-0.2, 0) is 0 Å². The molecule has 0 fully saturated rings. The first-order valence-electron chi connectivity index (χ1n) is 5.18. The van der Waals surface area contributed by atoms with Crippen LogP contribution in [0.5, 0.6) is 0 Å². The summed E-state index contributed by atoms with van der Waals surface area (Å²) < 4.78 is 0. The molecule has 4 nitrogen and oxygen atoms in total. The Labute approximate surface area is 105 Å². The second kappa shape index (κ2) is 5.01. The number of halogens is 1. The summed E-state index contributed by atoms with van der Waals surface area (Å²) in [7, 11) is 3.98. The summed E-state index contributed by atoms with van der Waals surface area (Å²) >= 11 is 5.79. The van der Waals surface area contributed by atoms with E-state index in [2.05, 4.69) is 15.3 Å². The van der Waals surface area contributed by atoms with Crippen molar-refractivity contribution in [3.05, 3.63) is 41.8 Å². The molecule has 0 amide bonds. The van der Waals surface area contributed by atoms with Crippen molar-refractivity contribution >= 4 is 28.8 Å². The third kappa shape index (κ3) is 2.85. The molecule has 0 bridgehead atoms. The predicted molar refractivity (Wildman–Crippen MR) is 71.1 cm³/mol. The Morgan fingerprint density at radius 2 is 1.94 bits per heavy atom. The van der Waals surface area contributed by atoms with E-state index in [1.54, 1.807) is 6.20 Å². The Balaban J connectivity index is 2.30. The number of nitrogens with one attached hydrogen (secondary N) is 1. The second-order valence-electron chi connectivity index (χ2n) is 3.76. The maximum Gasteiger partial charge on any atom is 0.150 e. The van der Waals surface area contributed by atoms with Gasteiger partial charge >= 0.3 is 0 Å².